The van der Waals surface area contributed by atoms with Crippen LogP contribution in [0.4, 0.5) is 0 Å². The summed E-state index contributed by atoms with van der Waals surface area (Å²) in [5, 5.41) is 63.5. The number of aromatic nitrogens is 18. The monoisotopic (exact) mass is 1830 g/mol. The van der Waals surface area contributed by atoms with Crippen molar-refractivity contribution in [3.8, 4) is 0 Å². The fourth-order valence-corrected chi connectivity index (χ4v) is 7.74. The molecule has 7 aromatic heterocycles. The second-order valence-corrected chi connectivity index (χ2v) is 46.5. The molecular formula is C100H193N21O9. The molecule has 7 heterocycles. The molecule has 9 rings (SSSR count). The average Bonchev–Trinajstić information content (AvgIpc) is 1.95. The second-order valence-electron chi connectivity index (χ2n) is 46.5. The Balaban J connectivity index is -0.000000663. The lowest BCUT2D eigenvalue weighted by atomic mass is 9.89. The van der Waals surface area contributed by atoms with Gasteiger partial charge in [-0.3, -0.25) is 0 Å². The fraction of sp³-hybridized carbons (Fsp3) is 0.820. The lowest BCUT2D eigenvalue weighted by Crippen LogP contribution is -2.20. The molecule has 2 aliphatic rings. The van der Waals surface area contributed by atoms with Gasteiger partial charge in [-0.05, 0) is 149 Å². The van der Waals surface area contributed by atoms with Gasteiger partial charge in [0, 0.05) is 106 Å². The first-order valence-corrected chi connectivity index (χ1v) is 47.1. The van der Waals surface area contributed by atoms with Crippen LogP contribution in [0.5, 0.6) is 0 Å². The summed E-state index contributed by atoms with van der Waals surface area (Å²) in [5.74, 6) is 8.48. The predicted molar refractivity (Wildman–Crippen MR) is 535 cm³/mol. The van der Waals surface area contributed by atoms with E-state index in [-0.39, 0.29) is 77.5 Å². The van der Waals surface area contributed by atoms with Crippen molar-refractivity contribution in [2.45, 2.75) is 472 Å². The molecule has 0 spiro atoms. The Morgan fingerprint density at radius 3 is 1.18 bits per heavy atom. The third kappa shape index (κ3) is 71.6. The number of nitrogens with zero attached hydrogens (tertiary/aromatic N) is 21. The largest absolute Gasteiger partial charge is 0.425 e. The van der Waals surface area contributed by atoms with Gasteiger partial charge in [0.15, 0.2) is 23.3 Å². The molecule has 7 aromatic rings. The summed E-state index contributed by atoms with van der Waals surface area (Å²) in [6, 6.07) is 2.31. The highest BCUT2D eigenvalue weighted by Crippen LogP contribution is 2.31. The number of hydrogen-bond donors (Lipinski definition) is 0. The Kier molecular flexibility index (Phi) is 58.1. The van der Waals surface area contributed by atoms with Crippen LogP contribution >= 0.6 is 0 Å². The first-order chi connectivity index (χ1) is 58.7. The topological polar surface area (TPSA) is 344 Å². The van der Waals surface area contributed by atoms with Crippen molar-refractivity contribution in [3.05, 3.63) is 88.9 Å². The van der Waals surface area contributed by atoms with Crippen molar-refractivity contribution in [2.75, 3.05) is 26.4 Å². The van der Waals surface area contributed by atoms with Gasteiger partial charge in [0.25, 0.3) is 0 Å². The maximum absolute atomic E-state index is 5.55. The molecule has 2 fully saturated rings. The smallest absolute Gasteiger partial charge is 0.223 e. The summed E-state index contributed by atoms with van der Waals surface area (Å²) < 4.78 is 31.1. The molecule has 30 heteroatoms. The summed E-state index contributed by atoms with van der Waals surface area (Å²) >= 11 is 0. The van der Waals surface area contributed by atoms with Gasteiger partial charge in [0.05, 0.1) is 60.7 Å². The second kappa shape index (κ2) is 58.9. The van der Waals surface area contributed by atoms with Crippen molar-refractivity contribution in [3.63, 3.8) is 0 Å². The lowest BCUT2D eigenvalue weighted by molar-refractivity contribution is -0.00882. The zero-order chi connectivity index (χ0) is 102. The molecule has 0 bridgehead atoms. The molecule has 0 aliphatic heterocycles. The zero-order valence-electron chi connectivity index (χ0n) is 92.7. The van der Waals surface area contributed by atoms with Gasteiger partial charge in [-0.2, -0.15) is 34.6 Å². The number of allylic oxidation sites excluding steroid dienone is 1. The highest BCUT2D eigenvalue weighted by molar-refractivity contribution is 5.88. The molecule has 2 aliphatic carbocycles. The van der Waals surface area contributed by atoms with Gasteiger partial charge >= 0.3 is 0 Å². The van der Waals surface area contributed by atoms with Crippen LogP contribution in [0.2, 0.25) is 0 Å². The molecule has 0 saturated heterocycles. The molecule has 130 heavy (non-hydrogen) atoms. The van der Waals surface area contributed by atoms with Crippen LogP contribution in [0, 0.1) is 47.3 Å². The summed E-state index contributed by atoms with van der Waals surface area (Å²) in [7, 11) is 1.77. The van der Waals surface area contributed by atoms with Crippen LogP contribution in [0.15, 0.2) is 58.4 Å². The van der Waals surface area contributed by atoms with Crippen LogP contribution < -0.4 is 0 Å². The van der Waals surface area contributed by atoms with Crippen molar-refractivity contribution in [1.82, 2.24) is 91.0 Å². The van der Waals surface area contributed by atoms with E-state index in [2.05, 4.69) is 389 Å². The highest BCUT2D eigenvalue weighted by Gasteiger charge is 2.28. The van der Waals surface area contributed by atoms with E-state index in [1.165, 1.54) is 30.5 Å². The van der Waals surface area contributed by atoms with Gasteiger partial charge in [0.1, 0.15) is 25.1 Å². The Labute approximate surface area is 790 Å². The summed E-state index contributed by atoms with van der Waals surface area (Å²) in [6.45, 7) is 113. The quantitative estimate of drug-likeness (QED) is 0.0492. The third-order valence-electron chi connectivity index (χ3n) is 16.3. The van der Waals surface area contributed by atoms with E-state index < -0.39 is 0 Å². The Morgan fingerprint density at radius 2 is 0.938 bits per heavy atom. The first-order valence-electron chi connectivity index (χ1n) is 47.1. The van der Waals surface area contributed by atoms with Crippen LogP contribution in [0.3, 0.4) is 0 Å². The van der Waals surface area contributed by atoms with Gasteiger partial charge in [-0.1, -0.05) is 293 Å². The van der Waals surface area contributed by atoms with Crippen molar-refractivity contribution in [2.24, 2.45) is 56.0 Å². The van der Waals surface area contributed by atoms with Crippen molar-refractivity contribution < 1.29 is 42.0 Å². The normalized spacial score (nSPS) is 13.4. The van der Waals surface area contributed by atoms with E-state index in [4.69, 9.17) is 42.0 Å². The molecule has 0 N–H and O–H groups in total. The molecule has 0 atom stereocenters. The molecular weight excluding hydrogens is 1640 g/mol. The Hall–Kier alpha value is -8.02. The van der Waals surface area contributed by atoms with Crippen molar-refractivity contribution >= 4 is 18.1 Å². The average molecular weight is 1830 g/mol. The van der Waals surface area contributed by atoms with Crippen LogP contribution in [0.1, 0.15) is 448 Å². The molecule has 30 nitrogen and oxygen atoms in total. The maximum Gasteiger partial charge on any atom is 0.223 e. The minimum absolute atomic E-state index is 0.00222. The highest BCUT2D eigenvalue weighted by atomic mass is 16.6. The predicted octanol–water partition coefficient (Wildman–Crippen LogP) is 25.8. The maximum atomic E-state index is 5.55. The number of hydrogen-bond acceptors (Lipinski definition) is 27. The fourth-order valence-electron chi connectivity index (χ4n) is 7.74. The van der Waals surface area contributed by atoms with Gasteiger partial charge in [0.2, 0.25) is 23.6 Å². The van der Waals surface area contributed by atoms with Crippen LogP contribution in [0.25, 0.3) is 0 Å². The molecule has 752 valence electrons. The molecule has 0 amide bonds. The minimum atomic E-state index is -0.0274. The van der Waals surface area contributed by atoms with Crippen LogP contribution in [-0.2, 0) is 88.3 Å². The molecule has 2 saturated carbocycles. The van der Waals surface area contributed by atoms with E-state index in [1.54, 1.807) is 30.5 Å². The zero-order valence-corrected chi connectivity index (χ0v) is 92.7. The summed E-state index contributed by atoms with van der Waals surface area (Å²) in [5.41, 5.74) is 4.25. The van der Waals surface area contributed by atoms with E-state index in [0.717, 1.165) is 116 Å². The summed E-state index contributed by atoms with van der Waals surface area (Å²) in [6.07, 6.45) is 16.8. The number of aryl methyl sites for hydroxylation is 6. The number of tetrazole rings is 2. The van der Waals surface area contributed by atoms with Crippen molar-refractivity contribution in [1.29, 1.82) is 0 Å². The Bertz CT molecular complexity index is 3860. The lowest BCUT2D eigenvalue weighted by Gasteiger charge is -2.19. The van der Waals surface area contributed by atoms with E-state index in [9.17, 15) is 0 Å². The first kappa shape index (κ1) is 128. The van der Waals surface area contributed by atoms with Gasteiger partial charge in [-0.25, -0.2) is 0 Å². The molecule has 0 aromatic carbocycles. The SMILES string of the molecule is C=CC(C)(C)C.CC(C)(C)/C=N/OCC1CC1.CC(C)(C)OCC1CC1.CC(C)O/N=C/C(C)(C)C.CC(C)n1nnc(C(C)(C)C)n1.CCCOC(C)(C)C.CCO/N=C(\CC)C(C)(C)C.CCc1cc(C(C)(C)C)no1.CCc1nnc(C(C)(C)C)o1.CCn1ncc(C(C)(C)C)n1.Cc1nc(C(C)(C)C)no1.Cc1nc(C(C)(C)C)no1.Cn1nnc(C(C)(C)C)n1. The van der Waals surface area contributed by atoms with Gasteiger partial charge in [-0.15, -0.1) is 37.2 Å². The number of ether oxygens (including phenoxy) is 2. The minimum Gasteiger partial charge on any atom is -0.425 e. The standard InChI is InChI=1S/C9H17NO.C9H15NO.C9H19NO.C8H16N4.C8H15N3.C8H14N2O.C8H17NO.C8H16O.2C7H12N2O.C7H16O.C6H12N4.C6H12/c1-9(2,3)7-10-11-6-8-4-5-8;1-5-7-6-8(10-11-7)9(2,3)4;1-6-8(9(3,4)5)10-11-7-2;1-6(2)12-10-7(9-11-12)8(3,4)5;1-5-11-9-6-7(10-11)8(2,3)4;1-5-6-9-10-7(11-6)8(2,3)4;1-7(2)10-9-6-8(3,4)5;1-8(2,3)9-6-7-4-5-7;2*1-5-8-6(9-10-5)7(2,3)4;1-5-6-8-7(2,3)4;1-6(2,3)5-7-9-10(4)8-5;1-5-6(2,3)4/h7-8H,4-6H2,1-3H3;6H,5H2,1-4H3;6-7H2,1-5H3;6H,1-5H3;6H,5H2,1-4H3;5H2,1-4H3;6-7H,1-5H3;7H,4-6H2,1-3H3;2*1-4H3;5-6H2,1-4H3;1-4H3;5H,1H2,2-4H3/b10-7+;;10-8+;;;;9-6+;;;;;;. The van der Waals surface area contributed by atoms with Gasteiger partial charge < -0.3 is 42.0 Å². The third-order valence-corrected chi connectivity index (χ3v) is 16.3. The number of oxime groups is 3. The molecule has 0 radical (unpaired) electrons. The molecule has 0 unspecified atom stereocenters. The number of rotatable bonds is 16. The van der Waals surface area contributed by atoms with E-state index in [1.807, 2.05) is 79.2 Å². The van der Waals surface area contributed by atoms with Crippen LogP contribution in [-0.4, -0.2) is 153 Å². The summed E-state index contributed by atoms with van der Waals surface area (Å²) in [4.78, 5) is 28.1. The van der Waals surface area contributed by atoms with E-state index in [0.29, 0.717) is 29.7 Å². The Morgan fingerprint density at radius 1 is 0.492 bits per heavy atom. The van der Waals surface area contributed by atoms with E-state index >= 15 is 0 Å².